The Labute approximate surface area is 134 Å². The zero-order valence-electron chi connectivity index (χ0n) is 13.4. The number of benzene rings is 1. The molecule has 1 fully saturated rings. The Kier molecular flexibility index (Phi) is 3.47. The third-order valence-corrected chi connectivity index (χ3v) is 5.31. The normalized spacial score (nSPS) is 24.7. The number of ketones is 1. The molecule has 4 rings (SSSR count). The van der Waals surface area contributed by atoms with E-state index in [-0.39, 0.29) is 41.0 Å². The van der Waals surface area contributed by atoms with Gasteiger partial charge in [0.1, 0.15) is 11.5 Å². The fraction of sp³-hybridized carbons (Fsp3) is 0.444. The lowest BCUT2D eigenvalue weighted by Gasteiger charge is -2.55. The molecule has 0 amide bonds. The van der Waals surface area contributed by atoms with Crippen LogP contribution in [-0.4, -0.2) is 29.1 Å². The van der Waals surface area contributed by atoms with E-state index in [2.05, 4.69) is 4.74 Å². The second-order valence-electron chi connectivity index (χ2n) is 6.93. The Balaban J connectivity index is 2.01. The van der Waals surface area contributed by atoms with E-state index in [9.17, 15) is 19.8 Å². The van der Waals surface area contributed by atoms with E-state index in [1.807, 2.05) is 13.8 Å². The van der Waals surface area contributed by atoms with Gasteiger partial charge in [0.05, 0.1) is 19.1 Å². The van der Waals surface area contributed by atoms with Crippen molar-refractivity contribution in [3.05, 3.63) is 29.3 Å². The lowest BCUT2D eigenvalue weighted by atomic mass is 9.48. The van der Waals surface area contributed by atoms with Crippen LogP contribution >= 0.6 is 0 Å². The summed E-state index contributed by atoms with van der Waals surface area (Å²) >= 11 is 0. The van der Waals surface area contributed by atoms with Gasteiger partial charge in [0.2, 0.25) is 0 Å². The van der Waals surface area contributed by atoms with Crippen molar-refractivity contribution in [1.29, 1.82) is 0 Å². The monoisotopic (exact) mass is 316 g/mol. The van der Waals surface area contributed by atoms with Gasteiger partial charge in [-0.25, -0.2) is 0 Å². The molecule has 2 atom stereocenters. The van der Waals surface area contributed by atoms with Crippen molar-refractivity contribution < 1.29 is 24.5 Å². The van der Waals surface area contributed by atoms with Crippen molar-refractivity contribution in [2.75, 3.05) is 7.11 Å². The molecule has 5 heteroatoms. The maximum Gasteiger partial charge on any atom is 0.309 e. The second kappa shape index (κ2) is 5.11. The summed E-state index contributed by atoms with van der Waals surface area (Å²) in [6.45, 7) is 4.08. The summed E-state index contributed by atoms with van der Waals surface area (Å²) in [4.78, 5) is 23.5. The van der Waals surface area contributed by atoms with Crippen LogP contribution in [0.4, 0.5) is 0 Å². The predicted molar refractivity (Wildman–Crippen MR) is 83.9 cm³/mol. The summed E-state index contributed by atoms with van der Waals surface area (Å²) in [5.41, 5.74) is 1.28. The second-order valence-corrected chi connectivity index (χ2v) is 6.93. The lowest BCUT2D eigenvalue weighted by molar-refractivity contribution is -0.139. The number of carbonyl (C=O) groups is 2. The Morgan fingerprint density at radius 3 is 2.35 bits per heavy atom. The Bertz CT molecular complexity index is 706. The quantitative estimate of drug-likeness (QED) is 0.837. The van der Waals surface area contributed by atoms with Crippen molar-refractivity contribution in [3.63, 3.8) is 0 Å². The van der Waals surface area contributed by atoms with E-state index in [4.69, 9.17) is 0 Å². The molecule has 3 aliphatic carbocycles. The number of fused-ring (bicyclic) bond motifs is 1. The summed E-state index contributed by atoms with van der Waals surface area (Å²) in [6.07, 6.45) is 2.26. The lowest BCUT2D eigenvalue weighted by Crippen LogP contribution is -2.51. The molecule has 0 heterocycles. The molecule has 0 spiro atoms. The summed E-state index contributed by atoms with van der Waals surface area (Å²) in [5.74, 6) is -0.489. The first-order valence-electron chi connectivity index (χ1n) is 7.63. The van der Waals surface area contributed by atoms with Crippen LogP contribution in [0.15, 0.2) is 18.2 Å². The number of aromatic hydroxyl groups is 2. The van der Waals surface area contributed by atoms with Crippen molar-refractivity contribution in [3.8, 4) is 11.5 Å². The highest BCUT2D eigenvalue weighted by Crippen LogP contribution is 2.61. The van der Waals surface area contributed by atoms with Crippen molar-refractivity contribution in [2.45, 2.75) is 26.7 Å². The van der Waals surface area contributed by atoms with Crippen LogP contribution in [0.1, 0.15) is 31.4 Å². The van der Waals surface area contributed by atoms with E-state index in [0.717, 1.165) is 6.42 Å². The van der Waals surface area contributed by atoms with Crippen molar-refractivity contribution in [1.82, 2.24) is 0 Å². The SMILES string of the molecule is COC(=O)Cc1cc(O)c(C2=CC(=O)C3CC2C3(C)C)c(O)c1. The van der Waals surface area contributed by atoms with E-state index >= 15 is 0 Å². The molecule has 23 heavy (non-hydrogen) atoms. The van der Waals surface area contributed by atoms with Crippen molar-refractivity contribution in [2.24, 2.45) is 17.3 Å². The fourth-order valence-corrected chi connectivity index (χ4v) is 3.84. The molecule has 2 bridgehead atoms. The van der Waals surface area contributed by atoms with E-state index in [0.29, 0.717) is 16.7 Å². The van der Waals surface area contributed by atoms with Crippen LogP contribution < -0.4 is 0 Å². The minimum absolute atomic E-state index is 0.0270. The van der Waals surface area contributed by atoms with Gasteiger partial charge in [-0.2, -0.15) is 0 Å². The van der Waals surface area contributed by atoms with Gasteiger partial charge in [-0.05, 0) is 47.1 Å². The molecule has 3 aliphatic rings. The van der Waals surface area contributed by atoms with Gasteiger partial charge in [-0.3, -0.25) is 9.59 Å². The molecular weight excluding hydrogens is 296 g/mol. The third-order valence-electron chi connectivity index (χ3n) is 5.31. The van der Waals surface area contributed by atoms with Gasteiger partial charge < -0.3 is 14.9 Å². The number of hydrogen-bond acceptors (Lipinski definition) is 5. The fourth-order valence-electron chi connectivity index (χ4n) is 3.84. The molecule has 0 saturated heterocycles. The number of phenols is 2. The Morgan fingerprint density at radius 2 is 1.87 bits per heavy atom. The zero-order valence-corrected chi connectivity index (χ0v) is 13.4. The van der Waals surface area contributed by atoms with Crippen LogP contribution in [0.3, 0.4) is 0 Å². The predicted octanol–water partition coefficient (Wildman–Crippen LogP) is 2.44. The number of ether oxygens (including phenoxy) is 1. The first-order valence-corrected chi connectivity index (χ1v) is 7.63. The maximum atomic E-state index is 12.2. The first kappa shape index (κ1) is 15.6. The molecule has 1 aromatic rings. The maximum absolute atomic E-state index is 12.2. The summed E-state index contributed by atoms with van der Waals surface area (Å²) in [7, 11) is 1.28. The third kappa shape index (κ3) is 2.31. The number of hydrogen-bond donors (Lipinski definition) is 2. The molecular formula is C18H20O5. The molecule has 122 valence electrons. The van der Waals surface area contributed by atoms with Gasteiger partial charge in [0.25, 0.3) is 0 Å². The standard InChI is InChI=1S/C18H20O5/c1-18(2)11-8-12(18)13(19)7-10(11)17-14(20)4-9(5-15(17)21)6-16(22)23-3/h4-5,7,11-12,20-21H,6,8H2,1-3H3. The molecule has 5 nitrogen and oxygen atoms in total. The smallest absolute Gasteiger partial charge is 0.309 e. The van der Waals surface area contributed by atoms with Gasteiger partial charge in [-0.1, -0.05) is 13.8 Å². The van der Waals surface area contributed by atoms with E-state index in [1.165, 1.54) is 19.2 Å². The largest absolute Gasteiger partial charge is 0.507 e. The molecule has 0 radical (unpaired) electrons. The minimum Gasteiger partial charge on any atom is -0.507 e. The number of carbonyl (C=O) groups excluding carboxylic acids is 2. The highest BCUT2D eigenvalue weighted by Gasteiger charge is 2.56. The first-order chi connectivity index (χ1) is 10.8. The van der Waals surface area contributed by atoms with Crippen LogP contribution in [-0.2, 0) is 20.7 Å². The highest BCUT2D eigenvalue weighted by atomic mass is 16.5. The van der Waals surface area contributed by atoms with Crippen LogP contribution in [0.2, 0.25) is 0 Å². The Morgan fingerprint density at radius 1 is 1.26 bits per heavy atom. The zero-order chi connectivity index (χ0) is 16.9. The Hall–Kier alpha value is -2.30. The van der Waals surface area contributed by atoms with Crippen LogP contribution in [0.25, 0.3) is 5.57 Å². The topological polar surface area (TPSA) is 83.8 Å². The molecule has 2 unspecified atom stereocenters. The van der Waals surface area contributed by atoms with Gasteiger partial charge >= 0.3 is 5.97 Å². The molecule has 1 aromatic carbocycles. The molecule has 1 saturated carbocycles. The average Bonchev–Trinajstić information content (AvgIpc) is 2.45. The number of rotatable bonds is 3. The molecule has 0 aromatic heterocycles. The highest BCUT2D eigenvalue weighted by molar-refractivity contribution is 6.04. The summed E-state index contributed by atoms with van der Waals surface area (Å²) < 4.78 is 4.59. The molecule has 2 N–H and O–H groups in total. The summed E-state index contributed by atoms with van der Waals surface area (Å²) in [5, 5.41) is 20.7. The van der Waals surface area contributed by atoms with Crippen LogP contribution in [0.5, 0.6) is 11.5 Å². The number of esters is 1. The van der Waals surface area contributed by atoms with E-state index in [1.54, 1.807) is 6.08 Å². The minimum atomic E-state index is -0.452. The van der Waals surface area contributed by atoms with Gasteiger partial charge in [0, 0.05) is 5.92 Å². The van der Waals surface area contributed by atoms with E-state index < -0.39 is 5.97 Å². The number of allylic oxidation sites excluding steroid dienone is 2. The van der Waals surface area contributed by atoms with Gasteiger partial charge in [0.15, 0.2) is 5.78 Å². The number of methoxy groups -OCH3 is 1. The van der Waals surface area contributed by atoms with Crippen molar-refractivity contribution >= 4 is 17.3 Å². The molecule has 0 aliphatic heterocycles. The number of phenolic OH excluding ortho intramolecular Hbond substituents is 2. The average molecular weight is 316 g/mol. The summed E-state index contributed by atoms with van der Waals surface area (Å²) in [6, 6.07) is 2.88. The van der Waals surface area contributed by atoms with Crippen LogP contribution in [0, 0.1) is 17.3 Å². The van der Waals surface area contributed by atoms with Gasteiger partial charge in [-0.15, -0.1) is 0 Å².